The molecule has 22 heavy (non-hydrogen) atoms. The molecular formula is C17H24FNO3. The van der Waals surface area contributed by atoms with E-state index in [1.165, 1.54) is 24.3 Å². The summed E-state index contributed by atoms with van der Waals surface area (Å²) in [6.45, 7) is 5.34. The number of ether oxygens (including phenoxy) is 2. The lowest BCUT2D eigenvalue weighted by Gasteiger charge is -2.38. The molecule has 0 spiro atoms. The standard InChI is InChI=1S/C17H24FNO3/c1-17(7-10-22-11-8-17)13-19(9-12-21-2)16(20)14-3-5-15(18)6-4-14/h3-6H,7-13H2,1-2H3. The first-order valence-electron chi connectivity index (χ1n) is 7.66. The third-order valence-electron chi connectivity index (χ3n) is 4.22. The van der Waals surface area contributed by atoms with Gasteiger partial charge < -0.3 is 14.4 Å². The number of benzene rings is 1. The van der Waals surface area contributed by atoms with Crippen molar-refractivity contribution in [3.8, 4) is 0 Å². The number of amides is 1. The molecule has 122 valence electrons. The third-order valence-corrected chi connectivity index (χ3v) is 4.22. The number of hydrogen-bond acceptors (Lipinski definition) is 3. The molecule has 0 unspecified atom stereocenters. The van der Waals surface area contributed by atoms with E-state index in [2.05, 4.69) is 6.92 Å². The summed E-state index contributed by atoms with van der Waals surface area (Å²) in [4.78, 5) is 14.5. The van der Waals surface area contributed by atoms with Crippen molar-refractivity contribution in [3.05, 3.63) is 35.6 Å². The maximum absolute atomic E-state index is 13.0. The van der Waals surface area contributed by atoms with Gasteiger partial charge in [-0.3, -0.25) is 4.79 Å². The third kappa shape index (κ3) is 4.52. The van der Waals surface area contributed by atoms with Gasteiger partial charge in [-0.2, -0.15) is 0 Å². The number of hydrogen-bond donors (Lipinski definition) is 0. The van der Waals surface area contributed by atoms with E-state index in [-0.39, 0.29) is 17.1 Å². The molecule has 0 saturated carbocycles. The molecule has 5 heteroatoms. The van der Waals surface area contributed by atoms with E-state index in [0.29, 0.717) is 25.3 Å². The first-order valence-corrected chi connectivity index (χ1v) is 7.66. The summed E-state index contributed by atoms with van der Waals surface area (Å²) in [7, 11) is 1.62. The van der Waals surface area contributed by atoms with Gasteiger partial charge >= 0.3 is 0 Å². The van der Waals surface area contributed by atoms with Crippen LogP contribution in [0.1, 0.15) is 30.1 Å². The average molecular weight is 309 g/mol. The van der Waals surface area contributed by atoms with Crippen molar-refractivity contribution in [1.29, 1.82) is 0 Å². The lowest BCUT2D eigenvalue weighted by Crippen LogP contribution is -2.44. The van der Waals surface area contributed by atoms with Gasteiger partial charge in [0.15, 0.2) is 0 Å². The van der Waals surface area contributed by atoms with Gasteiger partial charge in [0, 0.05) is 39.0 Å². The molecule has 4 nitrogen and oxygen atoms in total. The summed E-state index contributed by atoms with van der Waals surface area (Å²) in [6, 6.07) is 5.70. The first-order chi connectivity index (χ1) is 10.5. The normalized spacial score (nSPS) is 17.2. The predicted molar refractivity (Wildman–Crippen MR) is 82.3 cm³/mol. The molecule has 1 aliphatic rings. The second kappa shape index (κ2) is 7.70. The molecule has 0 aliphatic carbocycles. The van der Waals surface area contributed by atoms with E-state index in [4.69, 9.17) is 9.47 Å². The first kappa shape index (κ1) is 16.9. The van der Waals surface area contributed by atoms with Crippen LogP contribution < -0.4 is 0 Å². The molecule has 1 fully saturated rings. The minimum absolute atomic E-state index is 0.0572. The Kier molecular flexibility index (Phi) is 5.91. The van der Waals surface area contributed by atoms with Gasteiger partial charge in [-0.15, -0.1) is 0 Å². The van der Waals surface area contributed by atoms with E-state index in [1.807, 2.05) is 4.90 Å². The zero-order valence-corrected chi connectivity index (χ0v) is 13.3. The molecule has 1 aliphatic heterocycles. The average Bonchev–Trinajstić information content (AvgIpc) is 2.52. The van der Waals surface area contributed by atoms with Crippen molar-refractivity contribution in [3.63, 3.8) is 0 Å². The van der Waals surface area contributed by atoms with Gasteiger partial charge in [0.05, 0.1) is 6.61 Å². The molecule has 0 N–H and O–H groups in total. The number of nitrogens with zero attached hydrogens (tertiary/aromatic N) is 1. The highest BCUT2D eigenvalue weighted by molar-refractivity contribution is 5.94. The van der Waals surface area contributed by atoms with Crippen LogP contribution in [0, 0.1) is 11.2 Å². The Morgan fingerprint density at radius 2 is 1.95 bits per heavy atom. The van der Waals surface area contributed by atoms with Crippen molar-refractivity contribution in [2.45, 2.75) is 19.8 Å². The highest BCUT2D eigenvalue weighted by atomic mass is 19.1. The highest BCUT2D eigenvalue weighted by Gasteiger charge is 2.31. The Balaban J connectivity index is 2.10. The highest BCUT2D eigenvalue weighted by Crippen LogP contribution is 2.31. The number of halogens is 1. The minimum Gasteiger partial charge on any atom is -0.383 e. The summed E-state index contributed by atoms with van der Waals surface area (Å²) in [5.74, 6) is -0.416. The Hall–Kier alpha value is -1.46. The van der Waals surface area contributed by atoms with Crippen LogP contribution in [0.5, 0.6) is 0 Å². The fourth-order valence-corrected chi connectivity index (χ4v) is 2.71. The Morgan fingerprint density at radius 3 is 2.55 bits per heavy atom. The summed E-state index contributed by atoms with van der Waals surface area (Å²) in [5.41, 5.74) is 0.565. The van der Waals surface area contributed by atoms with Crippen molar-refractivity contribution in [1.82, 2.24) is 4.90 Å². The summed E-state index contributed by atoms with van der Waals surface area (Å²) in [6.07, 6.45) is 1.88. The maximum atomic E-state index is 13.0. The Morgan fingerprint density at radius 1 is 1.32 bits per heavy atom. The van der Waals surface area contributed by atoms with Crippen LogP contribution in [-0.4, -0.2) is 50.8 Å². The van der Waals surface area contributed by atoms with Crippen molar-refractivity contribution in [2.24, 2.45) is 5.41 Å². The van der Waals surface area contributed by atoms with Crippen molar-refractivity contribution in [2.75, 3.05) is 40.0 Å². The quantitative estimate of drug-likeness (QED) is 0.811. The SMILES string of the molecule is COCCN(CC1(C)CCOCC1)C(=O)c1ccc(F)cc1. The van der Waals surface area contributed by atoms with Crippen LogP contribution in [0.15, 0.2) is 24.3 Å². The molecular weight excluding hydrogens is 285 g/mol. The zero-order valence-electron chi connectivity index (χ0n) is 13.3. The zero-order chi connectivity index (χ0) is 16.0. The summed E-state index contributed by atoms with van der Waals surface area (Å²) in [5, 5.41) is 0. The molecule has 1 aromatic rings. The van der Waals surface area contributed by atoms with Gasteiger partial charge in [0.25, 0.3) is 5.91 Å². The fourth-order valence-electron chi connectivity index (χ4n) is 2.71. The minimum atomic E-state index is -0.337. The van der Waals surface area contributed by atoms with Gasteiger partial charge in [-0.25, -0.2) is 4.39 Å². The second-order valence-electron chi connectivity index (χ2n) is 6.15. The number of methoxy groups -OCH3 is 1. The summed E-state index contributed by atoms with van der Waals surface area (Å²) < 4.78 is 23.6. The summed E-state index contributed by atoms with van der Waals surface area (Å²) >= 11 is 0. The van der Waals surface area contributed by atoms with Crippen molar-refractivity contribution >= 4 is 5.91 Å². The van der Waals surface area contributed by atoms with E-state index < -0.39 is 0 Å². The Bertz CT molecular complexity index is 483. The number of rotatable bonds is 6. The Labute approximate surface area is 131 Å². The van der Waals surface area contributed by atoms with Crippen LogP contribution in [0.3, 0.4) is 0 Å². The van der Waals surface area contributed by atoms with E-state index in [1.54, 1.807) is 7.11 Å². The monoisotopic (exact) mass is 309 g/mol. The fraction of sp³-hybridized carbons (Fsp3) is 0.588. The molecule has 1 heterocycles. The molecule has 2 rings (SSSR count). The lowest BCUT2D eigenvalue weighted by atomic mass is 9.82. The van der Waals surface area contributed by atoms with Crippen LogP contribution in [0.4, 0.5) is 4.39 Å². The molecule has 1 amide bonds. The van der Waals surface area contributed by atoms with Crippen LogP contribution in [0.2, 0.25) is 0 Å². The second-order valence-corrected chi connectivity index (χ2v) is 6.15. The molecule has 1 saturated heterocycles. The number of carbonyl (C=O) groups excluding carboxylic acids is 1. The maximum Gasteiger partial charge on any atom is 0.253 e. The molecule has 0 bridgehead atoms. The predicted octanol–water partition coefficient (Wildman–Crippen LogP) is 2.73. The van der Waals surface area contributed by atoms with E-state index in [9.17, 15) is 9.18 Å². The van der Waals surface area contributed by atoms with Crippen molar-refractivity contribution < 1.29 is 18.7 Å². The van der Waals surface area contributed by atoms with Gasteiger partial charge in [-0.1, -0.05) is 6.92 Å². The van der Waals surface area contributed by atoms with Gasteiger partial charge in [0.1, 0.15) is 5.82 Å². The van der Waals surface area contributed by atoms with Crippen LogP contribution in [0.25, 0.3) is 0 Å². The van der Waals surface area contributed by atoms with Gasteiger partial charge in [0.2, 0.25) is 0 Å². The number of carbonyl (C=O) groups is 1. The molecule has 0 atom stereocenters. The molecule has 0 radical (unpaired) electrons. The van der Waals surface area contributed by atoms with E-state index >= 15 is 0 Å². The van der Waals surface area contributed by atoms with Crippen LogP contribution >= 0.6 is 0 Å². The van der Waals surface area contributed by atoms with E-state index in [0.717, 1.165) is 26.1 Å². The lowest BCUT2D eigenvalue weighted by molar-refractivity contribution is 0.00274. The van der Waals surface area contributed by atoms with Crippen LogP contribution in [-0.2, 0) is 9.47 Å². The molecule has 0 aromatic heterocycles. The molecule has 1 aromatic carbocycles. The smallest absolute Gasteiger partial charge is 0.253 e. The largest absolute Gasteiger partial charge is 0.383 e. The topological polar surface area (TPSA) is 38.8 Å². The van der Waals surface area contributed by atoms with Gasteiger partial charge in [-0.05, 0) is 42.5 Å².